The van der Waals surface area contributed by atoms with E-state index in [1.807, 2.05) is 4.90 Å². The summed E-state index contributed by atoms with van der Waals surface area (Å²) < 4.78 is 0. The van der Waals surface area contributed by atoms with Gasteiger partial charge in [0.1, 0.15) is 5.82 Å². The predicted molar refractivity (Wildman–Crippen MR) is 62.6 cm³/mol. The van der Waals surface area contributed by atoms with Crippen molar-refractivity contribution in [3.8, 4) is 0 Å². The number of β-amino-alcohol motifs (C(OH)–C–C–N with tert-alkyl or cyclic N) is 1. The van der Waals surface area contributed by atoms with Crippen LogP contribution in [0.15, 0.2) is 12.3 Å². The van der Waals surface area contributed by atoms with Crippen LogP contribution >= 0.6 is 11.6 Å². The van der Waals surface area contributed by atoms with Crippen LogP contribution in [0.1, 0.15) is 18.4 Å². The fraction of sp³-hybridized carbons (Fsp3) is 0.545. The molecular formula is C11H15ClN2O2. The van der Waals surface area contributed by atoms with Gasteiger partial charge < -0.3 is 15.1 Å². The molecule has 0 bridgehead atoms. The Bertz CT molecular complexity index is 373. The maximum absolute atomic E-state index is 9.58. The summed E-state index contributed by atoms with van der Waals surface area (Å²) in [6, 6.07) is 1.71. The third kappa shape index (κ3) is 2.45. The topological polar surface area (TPSA) is 56.6 Å². The summed E-state index contributed by atoms with van der Waals surface area (Å²) in [6.07, 6.45) is 3.09. The second-order valence-electron chi connectivity index (χ2n) is 4.05. The molecule has 0 radical (unpaired) electrons. The molecule has 1 unspecified atom stereocenters. The molecular weight excluding hydrogens is 228 g/mol. The molecule has 0 spiro atoms. The van der Waals surface area contributed by atoms with Gasteiger partial charge in [-0.05, 0) is 24.5 Å². The van der Waals surface area contributed by atoms with Crippen LogP contribution in [0.4, 0.5) is 5.82 Å². The average Bonchev–Trinajstić information content (AvgIpc) is 2.28. The van der Waals surface area contributed by atoms with Gasteiger partial charge in [0.25, 0.3) is 0 Å². The zero-order chi connectivity index (χ0) is 11.5. The van der Waals surface area contributed by atoms with E-state index in [2.05, 4.69) is 4.98 Å². The monoisotopic (exact) mass is 242 g/mol. The lowest BCUT2D eigenvalue weighted by atomic mass is 10.1. The zero-order valence-electron chi connectivity index (χ0n) is 8.93. The number of pyridine rings is 1. The molecule has 0 aliphatic carbocycles. The maximum Gasteiger partial charge on any atom is 0.147 e. The Morgan fingerprint density at radius 2 is 2.38 bits per heavy atom. The Morgan fingerprint density at radius 1 is 1.56 bits per heavy atom. The molecule has 1 aliphatic rings. The van der Waals surface area contributed by atoms with Crippen LogP contribution in [0, 0.1) is 0 Å². The van der Waals surface area contributed by atoms with E-state index in [-0.39, 0.29) is 12.7 Å². The van der Waals surface area contributed by atoms with Crippen LogP contribution in [0.5, 0.6) is 0 Å². The van der Waals surface area contributed by atoms with Crippen molar-refractivity contribution in [2.24, 2.45) is 0 Å². The van der Waals surface area contributed by atoms with Gasteiger partial charge in [-0.1, -0.05) is 11.6 Å². The quantitative estimate of drug-likeness (QED) is 0.818. The Labute approximate surface area is 99.5 Å². The van der Waals surface area contributed by atoms with Crippen molar-refractivity contribution in [3.63, 3.8) is 0 Å². The molecule has 0 aromatic carbocycles. The number of aliphatic hydroxyl groups excluding tert-OH is 2. The molecule has 1 fully saturated rings. The minimum absolute atomic E-state index is 0.0599. The van der Waals surface area contributed by atoms with E-state index in [1.54, 1.807) is 12.3 Å². The lowest BCUT2D eigenvalue weighted by Crippen LogP contribution is -2.38. The number of hydrogen-bond donors (Lipinski definition) is 2. The summed E-state index contributed by atoms with van der Waals surface area (Å²) >= 11 is 6.09. The Hall–Kier alpha value is -0.840. The molecule has 2 rings (SSSR count). The van der Waals surface area contributed by atoms with Gasteiger partial charge >= 0.3 is 0 Å². The standard InChI is InChI=1S/C11H15ClN2O2/c12-10-4-8(7-15)5-13-11(10)14-3-1-2-9(16)6-14/h4-5,9,15-16H,1-3,6-7H2. The number of rotatable bonds is 2. The highest BCUT2D eigenvalue weighted by Gasteiger charge is 2.20. The lowest BCUT2D eigenvalue weighted by molar-refractivity contribution is 0.154. The van der Waals surface area contributed by atoms with Crippen LogP contribution in [-0.2, 0) is 6.61 Å². The van der Waals surface area contributed by atoms with Crippen molar-refractivity contribution in [2.45, 2.75) is 25.6 Å². The van der Waals surface area contributed by atoms with Crippen molar-refractivity contribution in [1.29, 1.82) is 0 Å². The van der Waals surface area contributed by atoms with Gasteiger partial charge in [-0.2, -0.15) is 0 Å². The Kier molecular flexibility index (Phi) is 3.63. The molecule has 0 amide bonds. The van der Waals surface area contributed by atoms with E-state index >= 15 is 0 Å². The van der Waals surface area contributed by atoms with E-state index in [0.29, 0.717) is 22.9 Å². The Morgan fingerprint density at radius 3 is 3.00 bits per heavy atom. The first-order valence-corrected chi connectivity index (χ1v) is 5.77. The predicted octanol–water partition coefficient (Wildman–Crippen LogP) is 1.19. The summed E-state index contributed by atoms with van der Waals surface area (Å²) in [5, 5.41) is 19.1. The fourth-order valence-corrected chi connectivity index (χ4v) is 2.25. The summed E-state index contributed by atoms with van der Waals surface area (Å²) in [6.45, 7) is 1.38. The van der Waals surface area contributed by atoms with Crippen LogP contribution in [0.25, 0.3) is 0 Å². The second-order valence-corrected chi connectivity index (χ2v) is 4.46. The average molecular weight is 243 g/mol. The van der Waals surface area contributed by atoms with Crippen molar-refractivity contribution in [1.82, 2.24) is 4.98 Å². The molecule has 5 heteroatoms. The van der Waals surface area contributed by atoms with Gasteiger partial charge in [0.15, 0.2) is 0 Å². The van der Waals surface area contributed by atoms with Crippen LogP contribution in [-0.4, -0.2) is 34.4 Å². The zero-order valence-corrected chi connectivity index (χ0v) is 9.69. The van der Waals surface area contributed by atoms with E-state index in [0.717, 1.165) is 19.4 Å². The van der Waals surface area contributed by atoms with Crippen molar-refractivity contribution >= 4 is 17.4 Å². The largest absolute Gasteiger partial charge is 0.392 e. The molecule has 1 aromatic rings. The summed E-state index contributed by atoms with van der Waals surface area (Å²) in [5.41, 5.74) is 0.700. The number of anilines is 1. The normalized spacial score (nSPS) is 21.2. The number of aliphatic hydroxyl groups is 2. The number of piperidine rings is 1. The molecule has 88 valence electrons. The van der Waals surface area contributed by atoms with Gasteiger partial charge in [0.05, 0.1) is 17.7 Å². The number of hydrogen-bond acceptors (Lipinski definition) is 4. The Balaban J connectivity index is 2.19. The third-order valence-electron chi connectivity index (χ3n) is 2.76. The number of halogens is 1. The number of aromatic nitrogens is 1. The summed E-state index contributed by atoms with van der Waals surface area (Å²) in [7, 11) is 0. The summed E-state index contributed by atoms with van der Waals surface area (Å²) in [5.74, 6) is 0.692. The van der Waals surface area contributed by atoms with Gasteiger partial charge in [0, 0.05) is 19.3 Å². The van der Waals surface area contributed by atoms with Crippen LogP contribution in [0.3, 0.4) is 0 Å². The van der Waals surface area contributed by atoms with E-state index in [1.165, 1.54) is 0 Å². The molecule has 2 N–H and O–H groups in total. The van der Waals surface area contributed by atoms with Gasteiger partial charge in [-0.15, -0.1) is 0 Å². The third-order valence-corrected chi connectivity index (χ3v) is 3.04. The van der Waals surface area contributed by atoms with Gasteiger partial charge in [-0.25, -0.2) is 4.98 Å². The molecule has 2 heterocycles. The highest BCUT2D eigenvalue weighted by Crippen LogP contribution is 2.26. The van der Waals surface area contributed by atoms with Crippen molar-refractivity contribution in [3.05, 3.63) is 22.8 Å². The van der Waals surface area contributed by atoms with Crippen LogP contribution < -0.4 is 4.90 Å². The van der Waals surface area contributed by atoms with E-state index in [9.17, 15) is 5.11 Å². The highest BCUT2D eigenvalue weighted by atomic mass is 35.5. The second kappa shape index (κ2) is 4.99. The first-order valence-electron chi connectivity index (χ1n) is 5.39. The lowest BCUT2D eigenvalue weighted by Gasteiger charge is -2.31. The van der Waals surface area contributed by atoms with Crippen molar-refractivity contribution < 1.29 is 10.2 Å². The van der Waals surface area contributed by atoms with E-state index < -0.39 is 0 Å². The molecule has 1 aromatic heterocycles. The van der Waals surface area contributed by atoms with Gasteiger partial charge in [0.2, 0.25) is 0 Å². The molecule has 1 atom stereocenters. The van der Waals surface area contributed by atoms with Crippen molar-refractivity contribution in [2.75, 3.05) is 18.0 Å². The molecule has 16 heavy (non-hydrogen) atoms. The van der Waals surface area contributed by atoms with E-state index in [4.69, 9.17) is 16.7 Å². The minimum atomic E-state index is -0.302. The molecule has 4 nitrogen and oxygen atoms in total. The molecule has 1 saturated heterocycles. The smallest absolute Gasteiger partial charge is 0.147 e. The maximum atomic E-state index is 9.58. The molecule has 1 aliphatic heterocycles. The van der Waals surface area contributed by atoms with Crippen LogP contribution in [0.2, 0.25) is 5.02 Å². The SMILES string of the molecule is OCc1cnc(N2CCCC(O)C2)c(Cl)c1. The summed E-state index contributed by atoms with van der Waals surface area (Å²) in [4.78, 5) is 6.21. The fourth-order valence-electron chi connectivity index (χ4n) is 1.94. The first-order chi connectivity index (χ1) is 7.70. The van der Waals surface area contributed by atoms with Gasteiger partial charge in [-0.3, -0.25) is 0 Å². The minimum Gasteiger partial charge on any atom is -0.392 e. The number of nitrogens with zero attached hydrogens (tertiary/aromatic N) is 2. The molecule has 0 saturated carbocycles. The highest BCUT2D eigenvalue weighted by molar-refractivity contribution is 6.33. The first kappa shape index (κ1) is 11.6.